The number of hydrogen-bond acceptors (Lipinski definition) is 6. The van der Waals surface area contributed by atoms with E-state index in [0.29, 0.717) is 22.0 Å². The van der Waals surface area contributed by atoms with Crippen molar-refractivity contribution >= 4 is 23.5 Å². The Morgan fingerprint density at radius 1 is 1.39 bits per heavy atom. The van der Waals surface area contributed by atoms with Crippen LogP contribution in [0.25, 0.3) is 0 Å². The largest absolute Gasteiger partial charge is 0.335 e. The standard InChI is InChI=1S/C11H17N5OS/c1-7-5-16(6-8(2)18-7)11(17)9-3-4-10(13-12)15-14-9/h3-4,7-8H,5-6,12H2,1-2H3,(H,13,15). The summed E-state index contributed by atoms with van der Waals surface area (Å²) >= 11 is 1.91. The van der Waals surface area contributed by atoms with Crippen LogP contribution in [0.4, 0.5) is 5.82 Å². The van der Waals surface area contributed by atoms with Gasteiger partial charge in [-0.05, 0) is 12.1 Å². The zero-order chi connectivity index (χ0) is 13.1. The van der Waals surface area contributed by atoms with E-state index in [2.05, 4.69) is 29.5 Å². The van der Waals surface area contributed by atoms with E-state index >= 15 is 0 Å². The summed E-state index contributed by atoms with van der Waals surface area (Å²) in [5, 5.41) is 8.61. The van der Waals surface area contributed by atoms with Crippen LogP contribution in [0.3, 0.4) is 0 Å². The lowest BCUT2D eigenvalue weighted by molar-refractivity contribution is 0.0746. The predicted octanol–water partition coefficient (Wildman–Crippen LogP) is 0.728. The molecule has 0 radical (unpaired) electrons. The lowest BCUT2D eigenvalue weighted by Gasteiger charge is -2.34. The molecule has 1 aliphatic heterocycles. The smallest absolute Gasteiger partial charge is 0.274 e. The number of hydrazine groups is 1. The lowest BCUT2D eigenvalue weighted by Crippen LogP contribution is -2.44. The minimum Gasteiger partial charge on any atom is -0.335 e. The molecular weight excluding hydrogens is 250 g/mol. The van der Waals surface area contributed by atoms with Gasteiger partial charge in [0.25, 0.3) is 5.91 Å². The molecule has 2 rings (SSSR count). The van der Waals surface area contributed by atoms with Gasteiger partial charge < -0.3 is 10.3 Å². The number of hydrogen-bond donors (Lipinski definition) is 2. The van der Waals surface area contributed by atoms with Crippen LogP contribution in [0.5, 0.6) is 0 Å². The summed E-state index contributed by atoms with van der Waals surface area (Å²) in [7, 11) is 0. The molecule has 2 heterocycles. The van der Waals surface area contributed by atoms with Crippen LogP contribution in [0.1, 0.15) is 24.3 Å². The Balaban J connectivity index is 2.09. The molecule has 1 saturated heterocycles. The zero-order valence-electron chi connectivity index (χ0n) is 10.5. The number of nitrogen functional groups attached to an aromatic ring is 1. The van der Waals surface area contributed by atoms with Gasteiger partial charge in [-0.2, -0.15) is 11.8 Å². The third-order valence-corrected chi connectivity index (χ3v) is 3.97. The van der Waals surface area contributed by atoms with Crippen molar-refractivity contribution in [2.75, 3.05) is 18.5 Å². The maximum Gasteiger partial charge on any atom is 0.274 e. The number of nitrogens with one attached hydrogen (secondary N) is 1. The Bertz CT molecular complexity index is 414. The first-order chi connectivity index (χ1) is 8.60. The molecule has 18 heavy (non-hydrogen) atoms. The molecule has 3 N–H and O–H groups in total. The van der Waals surface area contributed by atoms with E-state index in [9.17, 15) is 4.79 Å². The number of thioether (sulfide) groups is 1. The Hall–Kier alpha value is -1.34. The molecule has 7 heteroatoms. The van der Waals surface area contributed by atoms with Gasteiger partial charge >= 0.3 is 0 Å². The van der Waals surface area contributed by atoms with E-state index in [-0.39, 0.29) is 5.91 Å². The van der Waals surface area contributed by atoms with Crippen molar-refractivity contribution in [3.63, 3.8) is 0 Å². The van der Waals surface area contributed by atoms with Crippen LogP contribution >= 0.6 is 11.8 Å². The molecule has 0 aliphatic carbocycles. The van der Waals surface area contributed by atoms with Crippen LogP contribution in [-0.2, 0) is 0 Å². The average Bonchev–Trinajstić information content (AvgIpc) is 2.37. The molecule has 2 unspecified atom stereocenters. The summed E-state index contributed by atoms with van der Waals surface area (Å²) in [5.74, 6) is 5.59. The monoisotopic (exact) mass is 267 g/mol. The molecule has 0 aromatic carbocycles. The van der Waals surface area contributed by atoms with Crippen molar-refractivity contribution < 1.29 is 4.79 Å². The number of amides is 1. The van der Waals surface area contributed by atoms with Gasteiger partial charge in [-0.15, -0.1) is 10.2 Å². The van der Waals surface area contributed by atoms with E-state index in [1.54, 1.807) is 12.1 Å². The van der Waals surface area contributed by atoms with Crippen LogP contribution in [0, 0.1) is 0 Å². The molecule has 1 aromatic rings. The molecule has 98 valence electrons. The second-order valence-electron chi connectivity index (χ2n) is 4.42. The Labute approximate surface area is 110 Å². The van der Waals surface area contributed by atoms with E-state index in [1.807, 2.05) is 16.7 Å². The van der Waals surface area contributed by atoms with Crippen LogP contribution in [-0.4, -0.2) is 44.6 Å². The van der Waals surface area contributed by atoms with Crippen molar-refractivity contribution in [3.05, 3.63) is 17.8 Å². The Morgan fingerprint density at radius 2 is 2.06 bits per heavy atom. The van der Waals surface area contributed by atoms with Crippen LogP contribution < -0.4 is 11.3 Å². The molecule has 0 bridgehead atoms. The van der Waals surface area contributed by atoms with Gasteiger partial charge in [0.1, 0.15) is 0 Å². The number of rotatable bonds is 2. The van der Waals surface area contributed by atoms with Crippen LogP contribution in [0.15, 0.2) is 12.1 Å². The summed E-state index contributed by atoms with van der Waals surface area (Å²) in [5.41, 5.74) is 2.75. The Kier molecular flexibility index (Phi) is 4.03. The highest BCUT2D eigenvalue weighted by molar-refractivity contribution is 8.00. The summed E-state index contributed by atoms with van der Waals surface area (Å²) in [6, 6.07) is 3.29. The molecule has 1 fully saturated rings. The van der Waals surface area contributed by atoms with Crippen molar-refractivity contribution in [1.29, 1.82) is 0 Å². The first kappa shape index (κ1) is 13.1. The van der Waals surface area contributed by atoms with Crippen molar-refractivity contribution in [2.45, 2.75) is 24.3 Å². The molecular formula is C11H17N5OS. The third-order valence-electron chi connectivity index (χ3n) is 2.74. The molecule has 2 atom stereocenters. The fraction of sp³-hybridized carbons (Fsp3) is 0.545. The van der Waals surface area contributed by atoms with Gasteiger partial charge in [-0.25, -0.2) is 5.84 Å². The van der Waals surface area contributed by atoms with Gasteiger partial charge in [-0.1, -0.05) is 13.8 Å². The summed E-state index contributed by atoms with van der Waals surface area (Å²) < 4.78 is 0. The fourth-order valence-corrected chi connectivity index (χ4v) is 3.35. The molecule has 1 aliphatic rings. The lowest BCUT2D eigenvalue weighted by atomic mass is 10.2. The van der Waals surface area contributed by atoms with Crippen molar-refractivity contribution in [1.82, 2.24) is 15.1 Å². The zero-order valence-corrected chi connectivity index (χ0v) is 11.3. The maximum atomic E-state index is 12.3. The molecule has 6 nitrogen and oxygen atoms in total. The van der Waals surface area contributed by atoms with E-state index in [1.165, 1.54) is 0 Å². The normalized spacial score (nSPS) is 23.8. The third kappa shape index (κ3) is 2.91. The van der Waals surface area contributed by atoms with E-state index in [4.69, 9.17) is 5.84 Å². The highest BCUT2D eigenvalue weighted by atomic mass is 32.2. The first-order valence-corrected chi connectivity index (χ1v) is 6.79. The molecule has 1 amide bonds. The quantitative estimate of drug-likeness (QED) is 0.607. The second kappa shape index (κ2) is 5.53. The predicted molar refractivity (Wildman–Crippen MR) is 72.3 cm³/mol. The number of nitrogens with two attached hydrogens (primary N) is 1. The Morgan fingerprint density at radius 3 is 2.56 bits per heavy atom. The van der Waals surface area contributed by atoms with Gasteiger partial charge in [0.15, 0.2) is 11.5 Å². The fourth-order valence-electron chi connectivity index (χ4n) is 2.03. The average molecular weight is 267 g/mol. The van der Waals surface area contributed by atoms with E-state index < -0.39 is 0 Å². The molecule has 0 saturated carbocycles. The number of anilines is 1. The van der Waals surface area contributed by atoms with Crippen LogP contribution in [0.2, 0.25) is 0 Å². The number of aromatic nitrogens is 2. The van der Waals surface area contributed by atoms with Crippen molar-refractivity contribution in [3.8, 4) is 0 Å². The number of carbonyl (C=O) groups excluding carboxylic acids is 1. The van der Waals surface area contributed by atoms with Gasteiger partial charge in [0, 0.05) is 23.6 Å². The van der Waals surface area contributed by atoms with E-state index in [0.717, 1.165) is 13.1 Å². The summed E-state index contributed by atoms with van der Waals surface area (Å²) in [6.07, 6.45) is 0. The minimum atomic E-state index is -0.0647. The minimum absolute atomic E-state index is 0.0647. The summed E-state index contributed by atoms with van der Waals surface area (Å²) in [6.45, 7) is 5.78. The molecule has 1 aromatic heterocycles. The van der Waals surface area contributed by atoms with Gasteiger partial charge in [0.2, 0.25) is 0 Å². The summed E-state index contributed by atoms with van der Waals surface area (Å²) in [4.78, 5) is 14.1. The maximum absolute atomic E-state index is 12.3. The number of nitrogens with zero attached hydrogens (tertiary/aromatic N) is 3. The number of carbonyl (C=O) groups is 1. The second-order valence-corrected chi connectivity index (χ2v) is 6.30. The molecule has 0 spiro atoms. The highest BCUT2D eigenvalue weighted by Crippen LogP contribution is 2.25. The van der Waals surface area contributed by atoms with Gasteiger partial charge in [0.05, 0.1) is 0 Å². The van der Waals surface area contributed by atoms with Crippen molar-refractivity contribution in [2.24, 2.45) is 5.84 Å². The van der Waals surface area contributed by atoms with Gasteiger partial charge in [-0.3, -0.25) is 4.79 Å². The highest BCUT2D eigenvalue weighted by Gasteiger charge is 2.27. The topological polar surface area (TPSA) is 84.1 Å². The SMILES string of the molecule is CC1CN(C(=O)c2ccc(NN)nn2)CC(C)S1. The first-order valence-electron chi connectivity index (χ1n) is 5.85.